The van der Waals surface area contributed by atoms with E-state index in [0.29, 0.717) is 18.0 Å². The van der Waals surface area contributed by atoms with Crippen molar-refractivity contribution in [1.29, 1.82) is 0 Å². The van der Waals surface area contributed by atoms with Crippen LogP contribution in [0.3, 0.4) is 0 Å². The molecule has 1 aliphatic carbocycles. The van der Waals surface area contributed by atoms with Crippen molar-refractivity contribution in [2.24, 2.45) is 5.92 Å². The minimum atomic E-state index is -0.408. The molecule has 1 aromatic rings. The summed E-state index contributed by atoms with van der Waals surface area (Å²) in [5, 5.41) is 2.61. The van der Waals surface area contributed by atoms with Gasteiger partial charge in [-0.25, -0.2) is 4.79 Å². The van der Waals surface area contributed by atoms with Crippen molar-refractivity contribution in [2.75, 3.05) is 26.9 Å². The lowest BCUT2D eigenvalue weighted by Crippen LogP contribution is -2.31. The van der Waals surface area contributed by atoms with E-state index in [-0.39, 0.29) is 12.5 Å². The maximum absolute atomic E-state index is 12.0. The summed E-state index contributed by atoms with van der Waals surface area (Å²) in [6, 6.07) is 1.94. The van der Waals surface area contributed by atoms with Gasteiger partial charge in [-0.1, -0.05) is 13.3 Å². The van der Waals surface area contributed by atoms with Gasteiger partial charge in [0, 0.05) is 18.5 Å². The Balaban J connectivity index is 1.83. The van der Waals surface area contributed by atoms with Crippen molar-refractivity contribution in [2.45, 2.75) is 32.6 Å². The molecule has 1 N–H and O–H groups in total. The van der Waals surface area contributed by atoms with Gasteiger partial charge >= 0.3 is 5.97 Å². The molecule has 0 spiro atoms. The Morgan fingerprint density at radius 2 is 2.27 bits per heavy atom. The zero-order chi connectivity index (χ0) is 15.9. The summed E-state index contributed by atoms with van der Waals surface area (Å²) in [5.74, 6) is 0.00430. The number of carbonyl (C=O) groups is 2. The average Bonchev–Trinajstić information content (AvgIpc) is 2.95. The first-order chi connectivity index (χ1) is 10.6. The molecule has 0 saturated carbocycles. The maximum atomic E-state index is 12.0. The Kier molecular flexibility index (Phi) is 6.39. The average molecular weight is 325 g/mol. The van der Waals surface area contributed by atoms with E-state index >= 15 is 0 Å². The monoisotopic (exact) mass is 325 g/mol. The Hall–Kier alpha value is -1.40. The number of ether oxygens (including phenoxy) is 2. The second kappa shape index (κ2) is 8.29. The lowest BCUT2D eigenvalue weighted by molar-refractivity contribution is -0.124. The van der Waals surface area contributed by atoms with Gasteiger partial charge < -0.3 is 14.8 Å². The molecule has 0 aromatic carbocycles. The molecule has 0 saturated heterocycles. The van der Waals surface area contributed by atoms with Crippen molar-refractivity contribution in [3.63, 3.8) is 0 Å². The Morgan fingerprint density at radius 3 is 3.00 bits per heavy atom. The number of fused-ring (bicyclic) bond motifs is 1. The normalized spacial score (nSPS) is 16.9. The highest BCUT2D eigenvalue weighted by Crippen LogP contribution is 2.33. The van der Waals surface area contributed by atoms with Crippen LogP contribution in [0, 0.1) is 5.92 Å². The molecule has 1 heterocycles. The molecule has 1 atom stereocenters. The van der Waals surface area contributed by atoms with Gasteiger partial charge in [-0.05, 0) is 36.8 Å². The quantitative estimate of drug-likeness (QED) is 0.616. The van der Waals surface area contributed by atoms with Crippen LogP contribution < -0.4 is 5.32 Å². The molecular formula is C16H23NO4S. The molecule has 0 bridgehead atoms. The van der Waals surface area contributed by atoms with Crippen molar-refractivity contribution < 1.29 is 19.1 Å². The van der Waals surface area contributed by atoms with Crippen LogP contribution in [0.25, 0.3) is 0 Å². The highest BCUT2D eigenvalue weighted by Gasteiger charge is 2.22. The predicted molar refractivity (Wildman–Crippen MR) is 85.3 cm³/mol. The Morgan fingerprint density at radius 1 is 1.45 bits per heavy atom. The lowest BCUT2D eigenvalue weighted by atomic mass is 9.87. The van der Waals surface area contributed by atoms with Crippen molar-refractivity contribution in [1.82, 2.24) is 5.32 Å². The van der Waals surface area contributed by atoms with Gasteiger partial charge in [-0.3, -0.25) is 4.79 Å². The number of amides is 1. The third kappa shape index (κ3) is 4.55. The number of thiophene rings is 1. The second-order valence-corrected chi connectivity index (χ2v) is 6.63. The molecule has 1 aliphatic rings. The fourth-order valence-electron chi connectivity index (χ4n) is 2.59. The Bertz CT molecular complexity index is 526. The highest BCUT2D eigenvalue weighted by molar-refractivity contribution is 7.14. The molecule has 1 aromatic heterocycles. The number of aryl methyl sites for hydroxylation is 1. The van der Waals surface area contributed by atoms with E-state index in [9.17, 15) is 9.59 Å². The molecule has 0 fully saturated rings. The van der Waals surface area contributed by atoms with Gasteiger partial charge in [0.15, 0.2) is 6.61 Å². The number of hydrogen-bond acceptors (Lipinski definition) is 5. The molecule has 0 radical (unpaired) electrons. The summed E-state index contributed by atoms with van der Waals surface area (Å²) in [4.78, 5) is 25.4. The fourth-order valence-corrected chi connectivity index (χ4v) is 3.70. The van der Waals surface area contributed by atoms with E-state index in [1.54, 1.807) is 7.11 Å². The third-order valence-electron chi connectivity index (χ3n) is 3.93. The van der Waals surface area contributed by atoms with Crippen LogP contribution in [-0.4, -0.2) is 38.7 Å². The van der Waals surface area contributed by atoms with Gasteiger partial charge in [-0.2, -0.15) is 0 Å². The fraction of sp³-hybridized carbons (Fsp3) is 0.625. The number of carbonyl (C=O) groups excluding carboxylic acids is 2. The molecule has 1 unspecified atom stereocenters. The first-order valence-electron chi connectivity index (χ1n) is 7.68. The van der Waals surface area contributed by atoms with Gasteiger partial charge in [0.25, 0.3) is 5.91 Å². The standard InChI is InChI=1S/C16H23NO4S/c1-3-11-4-5-13-12(8-11)9-14(22-13)16(19)21-10-15(18)17-6-7-20-2/h9,11H,3-8,10H2,1-2H3,(H,17,18). The maximum Gasteiger partial charge on any atom is 0.348 e. The van der Waals surface area contributed by atoms with Gasteiger partial charge in [-0.15, -0.1) is 11.3 Å². The molecule has 2 rings (SSSR count). The summed E-state index contributed by atoms with van der Waals surface area (Å²) < 4.78 is 9.90. The van der Waals surface area contributed by atoms with Crippen LogP contribution in [0.2, 0.25) is 0 Å². The highest BCUT2D eigenvalue weighted by atomic mass is 32.1. The van der Waals surface area contributed by atoms with E-state index in [0.717, 1.165) is 18.8 Å². The van der Waals surface area contributed by atoms with E-state index in [4.69, 9.17) is 9.47 Å². The molecule has 22 heavy (non-hydrogen) atoms. The molecule has 6 heteroatoms. The van der Waals surface area contributed by atoms with Crippen LogP contribution in [0.5, 0.6) is 0 Å². The third-order valence-corrected chi connectivity index (χ3v) is 5.14. The molecule has 122 valence electrons. The van der Waals surface area contributed by atoms with Gasteiger partial charge in [0.2, 0.25) is 0 Å². The smallest absolute Gasteiger partial charge is 0.348 e. The van der Waals surface area contributed by atoms with Crippen LogP contribution >= 0.6 is 11.3 Å². The summed E-state index contributed by atoms with van der Waals surface area (Å²) in [6.45, 7) is 2.82. The molecular weight excluding hydrogens is 302 g/mol. The van der Waals surface area contributed by atoms with Crippen LogP contribution in [0.4, 0.5) is 0 Å². The summed E-state index contributed by atoms with van der Waals surface area (Å²) >= 11 is 1.50. The molecule has 5 nitrogen and oxygen atoms in total. The summed E-state index contributed by atoms with van der Waals surface area (Å²) in [6.07, 6.45) is 4.47. The number of rotatable bonds is 7. The van der Waals surface area contributed by atoms with Crippen molar-refractivity contribution in [3.8, 4) is 0 Å². The minimum absolute atomic E-state index is 0.247. The van der Waals surface area contributed by atoms with E-state index in [1.165, 1.54) is 34.6 Å². The van der Waals surface area contributed by atoms with Gasteiger partial charge in [0.1, 0.15) is 4.88 Å². The number of nitrogens with one attached hydrogen (secondary N) is 1. The minimum Gasteiger partial charge on any atom is -0.451 e. The number of esters is 1. The largest absolute Gasteiger partial charge is 0.451 e. The Labute approximate surface area is 135 Å². The van der Waals surface area contributed by atoms with Crippen LogP contribution in [-0.2, 0) is 27.1 Å². The van der Waals surface area contributed by atoms with Crippen LogP contribution in [0.15, 0.2) is 6.07 Å². The van der Waals surface area contributed by atoms with E-state index in [2.05, 4.69) is 12.2 Å². The summed E-state index contributed by atoms with van der Waals surface area (Å²) in [7, 11) is 1.56. The molecule has 1 amide bonds. The van der Waals surface area contributed by atoms with Gasteiger partial charge in [0.05, 0.1) is 6.61 Å². The topological polar surface area (TPSA) is 64.6 Å². The van der Waals surface area contributed by atoms with E-state index < -0.39 is 5.97 Å². The number of hydrogen-bond donors (Lipinski definition) is 1. The predicted octanol–water partition coefficient (Wildman–Crippen LogP) is 2.18. The van der Waals surface area contributed by atoms with Crippen molar-refractivity contribution in [3.05, 3.63) is 21.4 Å². The molecule has 0 aliphatic heterocycles. The zero-order valence-electron chi connectivity index (χ0n) is 13.1. The lowest BCUT2D eigenvalue weighted by Gasteiger charge is -2.19. The summed E-state index contributed by atoms with van der Waals surface area (Å²) in [5.41, 5.74) is 1.28. The first kappa shape index (κ1) is 17.0. The van der Waals surface area contributed by atoms with E-state index in [1.807, 2.05) is 6.07 Å². The van der Waals surface area contributed by atoms with Crippen molar-refractivity contribution >= 4 is 23.2 Å². The number of methoxy groups -OCH3 is 1. The zero-order valence-corrected chi connectivity index (χ0v) is 14.0. The van der Waals surface area contributed by atoms with Crippen LogP contribution in [0.1, 0.15) is 39.9 Å². The second-order valence-electron chi connectivity index (χ2n) is 5.50. The first-order valence-corrected chi connectivity index (χ1v) is 8.50. The SMILES string of the molecule is CCC1CCc2sc(C(=O)OCC(=O)NCCOC)cc2C1.